The highest BCUT2D eigenvalue weighted by atomic mass is 16.7. The minimum absolute atomic E-state index is 0.329. The van der Waals surface area contributed by atoms with Crippen LogP contribution in [0.3, 0.4) is 0 Å². The highest BCUT2D eigenvalue weighted by molar-refractivity contribution is 5.94. The smallest absolute Gasteiger partial charge is 0.231 e. The van der Waals surface area contributed by atoms with E-state index in [4.69, 9.17) is 9.47 Å². The van der Waals surface area contributed by atoms with E-state index in [1.807, 2.05) is 6.07 Å². The zero-order valence-corrected chi connectivity index (χ0v) is 14.4. The highest BCUT2D eigenvalue weighted by Gasteiger charge is 2.48. The number of fused-ring (bicyclic) bond motifs is 3. The van der Waals surface area contributed by atoms with Crippen molar-refractivity contribution in [3.8, 4) is 11.5 Å². The van der Waals surface area contributed by atoms with Crippen molar-refractivity contribution in [1.29, 1.82) is 0 Å². The quantitative estimate of drug-likeness (QED) is 0.673. The van der Waals surface area contributed by atoms with Crippen LogP contribution in [0.25, 0.3) is 0 Å². The minimum Gasteiger partial charge on any atom is -0.454 e. The number of hydrogen-bond donors (Lipinski definition) is 1. The summed E-state index contributed by atoms with van der Waals surface area (Å²) >= 11 is 0. The fourth-order valence-electron chi connectivity index (χ4n) is 5.18. The van der Waals surface area contributed by atoms with E-state index in [1.165, 1.54) is 24.8 Å². The van der Waals surface area contributed by atoms with Crippen LogP contribution < -0.4 is 9.47 Å². The molecular weight excluding hydrogens is 318 g/mol. The molecule has 4 aliphatic rings. The van der Waals surface area contributed by atoms with E-state index in [1.54, 1.807) is 0 Å². The molecule has 0 amide bonds. The molecule has 6 heteroatoms. The first-order chi connectivity index (χ1) is 12.3. The lowest BCUT2D eigenvalue weighted by Crippen LogP contribution is -2.54. The topological polar surface area (TPSA) is 57.5 Å². The van der Waals surface area contributed by atoms with Gasteiger partial charge in [-0.3, -0.25) is 9.80 Å². The van der Waals surface area contributed by atoms with Crippen molar-refractivity contribution < 1.29 is 14.7 Å². The van der Waals surface area contributed by atoms with Gasteiger partial charge >= 0.3 is 0 Å². The minimum atomic E-state index is 0.329. The molecule has 2 aliphatic carbocycles. The molecule has 1 aromatic rings. The average molecular weight is 343 g/mol. The number of benzene rings is 1. The molecule has 3 atom stereocenters. The zero-order valence-electron chi connectivity index (χ0n) is 14.4. The average Bonchev–Trinajstić information content (AvgIpc) is 3.37. The van der Waals surface area contributed by atoms with Gasteiger partial charge in [-0.05, 0) is 42.9 Å². The van der Waals surface area contributed by atoms with Crippen LogP contribution in [-0.2, 0) is 6.54 Å². The van der Waals surface area contributed by atoms with Crippen molar-refractivity contribution in [2.75, 3.05) is 33.0 Å². The van der Waals surface area contributed by atoms with Gasteiger partial charge in [0.1, 0.15) is 0 Å². The Hall–Kier alpha value is -1.79. The molecule has 25 heavy (non-hydrogen) atoms. The molecule has 0 spiro atoms. The number of ether oxygens (including phenoxy) is 2. The Bertz CT molecular complexity index is 684. The maximum absolute atomic E-state index is 9.44. The first-order valence-electron chi connectivity index (χ1n) is 9.38. The Morgan fingerprint density at radius 2 is 1.92 bits per heavy atom. The molecule has 1 saturated heterocycles. The van der Waals surface area contributed by atoms with Crippen LogP contribution in [-0.4, -0.2) is 59.7 Å². The molecule has 2 aliphatic heterocycles. The summed E-state index contributed by atoms with van der Waals surface area (Å²) in [4.78, 5) is 5.05. The van der Waals surface area contributed by atoms with Crippen LogP contribution in [0.2, 0.25) is 0 Å². The second kappa shape index (κ2) is 6.18. The SMILES string of the molecule is O/N=C1/[C@H]2CC[C@H](C2)[C@H]1N1CCN(Cc2ccc3c(c2)OCO3)CC1. The van der Waals surface area contributed by atoms with Crippen LogP contribution >= 0.6 is 0 Å². The number of nitrogens with zero attached hydrogens (tertiary/aromatic N) is 3. The van der Waals surface area contributed by atoms with Gasteiger partial charge in [-0.2, -0.15) is 0 Å². The summed E-state index contributed by atoms with van der Waals surface area (Å²) in [6.45, 7) is 5.49. The van der Waals surface area contributed by atoms with Crippen LogP contribution in [0, 0.1) is 11.8 Å². The van der Waals surface area contributed by atoms with E-state index < -0.39 is 0 Å². The van der Waals surface area contributed by atoms with Gasteiger partial charge < -0.3 is 14.7 Å². The number of piperazine rings is 1. The number of rotatable bonds is 3. The molecule has 134 valence electrons. The van der Waals surface area contributed by atoms with E-state index in [0.29, 0.717) is 24.7 Å². The van der Waals surface area contributed by atoms with Crippen molar-refractivity contribution in [3.63, 3.8) is 0 Å². The fourth-order valence-corrected chi connectivity index (χ4v) is 5.18. The standard InChI is InChI=1S/C19H25N3O3/c23-20-18-14-2-3-15(10-14)19(18)22-7-5-21(6-8-22)11-13-1-4-16-17(9-13)25-12-24-16/h1,4,9,14-15,19,23H,2-3,5-8,10-12H2/b20-18-/t14-,15+,19+/m0/s1. The predicted molar refractivity (Wildman–Crippen MR) is 93.3 cm³/mol. The summed E-state index contributed by atoms with van der Waals surface area (Å²) in [5.74, 6) is 2.95. The van der Waals surface area contributed by atoms with Crippen molar-refractivity contribution >= 4 is 5.71 Å². The number of oxime groups is 1. The maximum atomic E-state index is 9.44. The third kappa shape index (κ3) is 2.68. The lowest BCUT2D eigenvalue weighted by atomic mass is 9.91. The summed E-state index contributed by atoms with van der Waals surface area (Å²) < 4.78 is 10.9. The van der Waals surface area contributed by atoms with Crippen molar-refractivity contribution in [3.05, 3.63) is 23.8 Å². The summed E-state index contributed by atoms with van der Waals surface area (Å²) in [7, 11) is 0. The van der Waals surface area contributed by atoms with E-state index in [-0.39, 0.29) is 0 Å². The fraction of sp³-hybridized carbons (Fsp3) is 0.632. The Kier molecular flexibility index (Phi) is 3.82. The maximum Gasteiger partial charge on any atom is 0.231 e. The van der Waals surface area contributed by atoms with Gasteiger partial charge in [0.15, 0.2) is 11.5 Å². The third-order valence-corrected chi connectivity index (χ3v) is 6.40. The van der Waals surface area contributed by atoms with Crippen LogP contribution in [0.1, 0.15) is 24.8 Å². The van der Waals surface area contributed by atoms with Gasteiger partial charge in [0.2, 0.25) is 6.79 Å². The normalized spacial score (nSPS) is 33.4. The molecule has 1 aromatic carbocycles. The molecular formula is C19H25N3O3. The van der Waals surface area contributed by atoms with Crippen molar-refractivity contribution in [2.24, 2.45) is 17.0 Å². The van der Waals surface area contributed by atoms with Crippen LogP contribution in [0.4, 0.5) is 0 Å². The van der Waals surface area contributed by atoms with Gasteiger partial charge in [-0.1, -0.05) is 11.2 Å². The molecule has 2 bridgehead atoms. The summed E-state index contributed by atoms with van der Waals surface area (Å²) in [6, 6.07) is 6.62. The van der Waals surface area contributed by atoms with E-state index in [2.05, 4.69) is 27.1 Å². The third-order valence-electron chi connectivity index (χ3n) is 6.40. The number of hydrogen-bond acceptors (Lipinski definition) is 6. The van der Waals surface area contributed by atoms with Gasteiger partial charge in [-0.15, -0.1) is 0 Å². The van der Waals surface area contributed by atoms with Crippen molar-refractivity contribution in [2.45, 2.75) is 31.8 Å². The molecule has 1 N–H and O–H groups in total. The van der Waals surface area contributed by atoms with E-state index in [0.717, 1.165) is 49.9 Å². The van der Waals surface area contributed by atoms with Crippen LogP contribution in [0.5, 0.6) is 11.5 Å². The molecule has 2 heterocycles. The lowest BCUT2D eigenvalue weighted by Gasteiger charge is -2.41. The molecule has 3 fully saturated rings. The summed E-state index contributed by atoms with van der Waals surface area (Å²) in [6.07, 6.45) is 3.73. The molecule has 0 aromatic heterocycles. The summed E-state index contributed by atoms with van der Waals surface area (Å²) in [5.41, 5.74) is 2.33. The first-order valence-corrected chi connectivity index (χ1v) is 9.38. The second-order valence-corrected chi connectivity index (χ2v) is 7.74. The Morgan fingerprint density at radius 3 is 2.76 bits per heavy atom. The van der Waals surface area contributed by atoms with Crippen LogP contribution in [0.15, 0.2) is 23.4 Å². The van der Waals surface area contributed by atoms with Crippen molar-refractivity contribution in [1.82, 2.24) is 9.80 Å². The van der Waals surface area contributed by atoms with Gasteiger partial charge in [0.25, 0.3) is 0 Å². The van der Waals surface area contributed by atoms with E-state index in [9.17, 15) is 5.21 Å². The monoisotopic (exact) mass is 343 g/mol. The lowest BCUT2D eigenvalue weighted by molar-refractivity contribution is 0.0945. The second-order valence-electron chi connectivity index (χ2n) is 7.74. The largest absolute Gasteiger partial charge is 0.454 e. The Balaban J connectivity index is 1.20. The highest BCUT2D eigenvalue weighted by Crippen LogP contribution is 2.45. The Morgan fingerprint density at radius 1 is 1.08 bits per heavy atom. The van der Waals surface area contributed by atoms with Gasteiger partial charge in [-0.25, -0.2) is 0 Å². The predicted octanol–water partition coefficient (Wildman–Crippen LogP) is 2.16. The van der Waals surface area contributed by atoms with Gasteiger partial charge in [0.05, 0.1) is 11.8 Å². The first kappa shape index (κ1) is 15.5. The zero-order chi connectivity index (χ0) is 16.8. The summed E-state index contributed by atoms with van der Waals surface area (Å²) in [5, 5.41) is 13.1. The molecule has 2 saturated carbocycles. The van der Waals surface area contributed by atoms with E-state index >= 15 is 0 Å². The molecule has 0 radical (unpaired) electrons. The molecule has 6 nitrogen and oxygen atoms in total. The molecule has 5 rings (SSSR count). The Labute approximate surface area is 148 Å². The van der Waals surface area contributed by atoms with Gasteiger partial charge in [0, 0.05) is 38.6 Å². The molecule has 0 unspecified atom stereocenters.